The van der Waals surface area contributed by atoms with Crippen LogP contribution in [0.15, 0.2) is 0 Å². The maximum atomic E-state index is 5.96. The summed E-state index contributed by atoms with van der Waals surface area (Å²) in [5.41, 5.74) is 0. The van der Waals surface area contributed by atoms with E-state index in [1.165, 1.54) is 0 Å². The van der Waals surface area contributed by atoms with E-state index >= 15 is 0 Å². The summed E-state index contributed by atoms with van der Waals surface area (Å²) in [6.07, 6.45) is 0. The molecular formula is CHBNP. The summed E-state index contributed by atoms with van der Waals surface area (Å²) < 4.78 is 2.79. The molecule has 0 aliphatic carbocycles. The van der Waals surface area contributed by atoms with E-state index in [9.17, 15) is 0 Å². The molecule has 1 unspecified atom stereocenters. The Kier molecular flexibility index (Phi) is 2.97. The van der Waals surface area contributed by atoms with Crippen LogP contribution in [0.2, 0.25) is 0 Å². The smallest absolute Gasteiger partial charge is 0.226 e. The van der Waals surface area contributed by atoms with E-state index in [-0.39, 0.29) is 8.61 Å². The van der Waals surface area contributed by atoms with Gasteiger partial charge in [-0.15, -0.1) is 0 Å². The zero-order valence-corrected chi connectivity index (χ0v) is 3.02. The summed E-state index contributed by atoms with van der Waals surface area (Å²) in [5.74, 6) is 0. The normalized spacial score (nSPS) is 7.75. The van der Waals surface area contributed by atoms with Gasteiger partial charge in [-0.05, 0) is 0 Å². The van der Waals surface area contributed by atoms with Gasteiger partial charge in [0.15, 0.2) is 8.61 Å². The second-order valence-electron chi connectivity index (χ2n) is 0.241. The average molecular weight is 68.8 g/mol. The molecule has 1 nitrogen and oxygen atoms in total. The Morgan fingerprint density at radius 2 is 2.25 bits per heavy atom. The third-order valence-electron chi connectivity index (χ3n) is 0.0645. The fourth-order valence-electron chi connectivity index (χ4n) is 0. The summed E-state index contributed by atoms with van der Waals surface area (Å²) in [6.45, 7) is 5.96. The summed E-state index contributed by atoms with van der Waals surface area (Å²) in [7, 11) is 4.63. The molecule has 0 spiro atoms. The first-order valence-electron chi connectivity index (χ1n) is 0.736. The lowest BCUT2D eigenvalue weighted by Gasteiger charge is -1.49. The van der Waals surface area contributed by atoms with E-state index in [2.05, 4.69) is 4.62 Å². The van der Waals surface area contributed by atoms with Gasteiger partial charge < -0.3 is 4.62 Å². The van der Waals surface area contributed by atoms with Crippen LogP contribution in [-0.4, -0.2) is 7.57 Å². The first-order chi connectivity index (χ1) is 1.91. The molecule has 0 saturated heterocycles. The van der Waals surface area contributed by atoms with Gasteiger partial charge in [-0.25, -0.2) is 6.57 Å². The second kappa shape index (κ2) is 2.98. The van der Waals surface area contributed by atoms with Crippen LogP contribution in [0, 0.1) is 6.57 Å². The van der Waals surface area contributed by atoms with E-state index in [1.807, 2.05) is 0 Å². The van der Waals surface area contributed by atoms with Crippen molar-refractivity contribution in [2.45, 2.75) is 0 Å². The van der Waals surface area contributed by atoms with Crippen LogP contribution in [0.3, 0.4) is 0 Å². The highest BCUT2D eigenvalue weighted by Gasteiger charge is 1.55. The van der Waals surface area contributed by atoms with Gasteiger partial charge in [-0.3, -0.25) is 0 Å². The number of hydrogen-bond acceptors (Lipinski definition) is 0. The molecule has 0 aliphatic rings. The van der Waals surface area contributed by atoms with Crippen LogP contribution in [-0.2, 0) is 0 Å². The van der Waals surface area contributed by atoms with Crippen LogP contribution in [0.5, 0.6) is 0 Å². The van der Waals surface area contributed by atoms with Crippen LogP contribution in [0.4, 0.5) is 0 Å². The van der Waals surface area contributed by atoms with Crippen molar-refractivity contribution < 1.29 is 0 Å². The minimum Gasteiger partial charge on any atom is -0.320 e. The Bertz CT molecular complexity index is 37.8. The SMILES string of the molecule is [B]P[N+]#[C-]. The number of nitrogens with zero attached hydrogens (tertiary/aromatic N) is 1. The fourth-order valence-corrected chi connectivity index (χ4v) is 0. The van der Waals surface area contributed by atoms with E-state index in [1.54, 1.807) is 0 Å². The van der Waals surface area contributed by atoms with E-state index in [4.69, 9.17) is 14.1 Å². The Morgan fingerprint density at radius 1 is 2.00 bits per heavy atom. The van der Waals surface area contributed by atoms with Crippen molar-refractivity contribution >= 4 is 16.2 Å². The zero-order chi connectivity index (χ0) is 3.41. The Hall–Kier alpha value is -0.0151. The predicted octanol–water partition coefficient (Wildman–Crippen LogP) is 0.583. The molecule has 0 amide bonds. The molecule has 2 radical (unpaired) electrons. The summed E-state index contributed by atoms with van der Waals surface area (Å²) in [5, 5.41) is 0. The van der Waals surface area contributed by atoms with Crippen LogP contribution < -0.4 is 0 Å². The molecule has 18 valence electrons. The lowest BCUT2D eigenvalue weighted by molar-refractivity contribution is 2.60. The molecule has 1 atom stereocenters. The van der Waals surface area contributed by atoms with Crippen molar-refractivity contribution in [2.75, 3.05) is 0 Å². The van der Waals surface area contributed by atoms with Gasteiger partial charge in [0.25, 0.3) is 0 Å². The molecule has 0 fully saturated rings. The molecule has 0 aromatic rings. The Morgan fingerprint density at radius 3 is 2.25 bits per heavy atom. The largest absolute Gasteiger partial charge is 0.320 e. The molecule has 3 heteroatoms. The molecule has 0 bridgehead atoms. The highest BCUT2D eigenvalue weighted by atomic mass is 31.1. The Labute approximate surface area is 28.4 Å². The van der Waals surface area contributed by atoms with E-state index in [0.29, 0.717) is 0 Å². The standard InChI is InChI=1S/CHBNP/c1-3-4-2/h4H. The Balaban J connectivity index is 2.43. The summed E-state index contributed by atoms with van der Waals surface area (Å²) >= 11 is 0. The molecule has 0 saturated carbocycles. The van der Waals surface area contributed by atoms with Crippen molar-refractivity contribution in [3.05, 3.63) is 11.2 Å². The van der Waals surface area contributed by atoms with E-state index < -0.39 is 0 Å². The molecule has 0 aromatic carbocycles. The zero-order valence-electron chi connectivity index (χ0n) is 2.02. The number of rotatable bonds is 0. The van der Waals surface area contributed by atoms with Gasteiger partial charge in [0.05, 0.1) is 0 Å². The second-order valence-corrected chi connectivity index (χ2v) is 0.723. The average Bonchev–Trinajstić information content (AvgIpc) is 1.37. The summed E-state index contributed by atoms with van der Waals surface area (Å²) in [4.78, 5) is 0. The minimum atomic E-state index is -0.0679. The number of hydrogen-bond donors (Lipinski definition) is 0. The third kappa shape index (κ3) is 1.98. The molecule has 0 heterocycles. The molecular weight excluding hydrogens is 67.8 g/mol. The molecule has 4 heavy (non-hydrogen) atoms. The predicted molar refractivity (Wildman–Crippen MR) is 20.7 cm³/mol. The fraction of sp³-hybridized carbons (Fsp3) is 0. The molecule has 0 aromatic heterocycles. The maximum absolute atomic E-state index is 5.96. The first kappa shape index (κ1) is 3.98. The lowest BCUT2D eigenvalue weighted by atomic mass is 10.8. The highest BCUT2D eigenvalue weighted by Crippen LogP contribution is 1.96. The maximum Gasteiger partial charge on any atom is 0.226 e. The van der Waals surface area contributed by atoms with Crippen LogP contribution in [0.25, 0.3) is 4.62 Å². The van der Waals surface area contributed by atoms with Gasteiger partial charge in [0.1, 0.15) is 0 Å². The topological polar surface area (TPSA) is 4.36 Å². The minimum absolute atomic E-state index is 0.0679. The lowest BCUT2D eigenvalue weighted by Crippen LogP contribution is -1.19. The van der Waals surface area contributed by atoms with Gasteiger partial charge in [0.2, 0.25) is 7.57 Å². The monoisotopic (exact) mass is 69.0 g/mol. The van der Waals surface area contributed by atoms with Crippen molar-refractivity contribution in [2.24, 2.45) is 0 Å². The molecule has 0 rings (SSSR count). The van der Waals surface area contributed by atoms with Gasteiger partial charge in [-0.2, -0.15) is 0 Å². The third-order valence-corrected chi connectivity index (χ3v) is 0.194. The first-order valence-corrected chi connectivity index (χ1v) is 1.76. The van der Waals surface area contributed by atoms with Crippen molar-refractivity contribution in [3.63, 3.8) is 0 Å². The van der Waals surface area contributed by atoms with Crippen molar-refractivity contribution in [3.8, 4) is 0 Å². The van der Waals surface area contributed by atoms with Gasteiger partial charge in [0, 0.05) is 0 Å². The van der Waals surface area contributed by atoms with Crippen LogP contribution in [0.1, 0.15) is 0 Å². The highest BCUT2D eigenvalue weighted by molar-refractivity contribution is 7.68. The van der Waals surface area contributed by atoms with Crippen molar-refractivity contribution in [1.29, 1.82) is 0 Å². The molecule has 0 aliphatic heterocycles. The quantitative estimate of drug-likeness (QED) is 0.222. The van der Waals surface area contributed by atoms with Crippen LogP contribution >= 0.6 is 8.61 Å². The molecule has 0 N–H and O–H groups in total. The van der Waals surface area contributed by atoms with Crippen molar-refractivity contribution in [1.82, 2.24) is 0 Å². The summed E-state index contributed by atoms with van der Waals surface area (Å²) in [6, 6.07) is 0. The van der Waals surface area contributed by atoms with Gasteiger partial charge in [-0.1, -0.05) is 0 Å². The van der Waals surface area contributed by atoms with E-state index in [0.717, 1.165) is 0 Å². The van der Waals surface area contributed by atoms with Gasteiger partial charge >= 0.3 is 0 Å².